The van der Waals surface area contributed by atoms with E-state index in [1.807, 2.05) is 13.0 Å². The Balaban J connectivity index is 1.59. The lowest BCUT2D eigenvalue weighted by atomic mass is 10.0. The summed E-state index contributed by atoms with van der Waals surface area (Å²) in [5.41, 5.74) is 2.80. The van der Waals surface area contributed by atoms with Gasteiger partial charge in [-0.2, -0.15) is 4.98 Å². The van der Waals surface area contributed by atoms with Crippen molar-refractivity contribution in [3.8, 4) is 17.0 Å². The number of halogens is 3. The van der Waals surface area contributed by atoms with Crippen LogP contribution < -0.4 is 10.1 Å². The molecule has 1 atom stereocenters. The van der Waals surface area contributed by atoms with Crippen molar-refractivity contribution in [2.45, 2.75) is 25.3 Å². The van der Waals surface area contributed by atoms with Crippen molar-refractivity contribution in [3.63, 3.8) is 0 Å². The molecular formula is C21H22F3N7O. The monoisotopic (exact) mass is 445 g/mol. The Hall–Kier alpha value is -3.34. The molecule has 0 saturated carbocycles. The average molecular weight is 445 g/mol. The van der Waals surface area contributed by atoms with Crippen molar-refractivity contribution >= 4 is 17.1 Å². The van der Waals surface area contributed by atoms with Gasteiger partial charge in [-0.15, -0.1) is 5.10 Å². The number of imidazole rings is 1. The van der Waals surface area contributed by atoms with E-state index in [0.717, 1.165) is 11.2 Å². The zero-order valence-corrected chi connectivity index (χ0v) is 17.8. The standard InChI is InChI=1S/C21H22F3N7O/c1-12-8-13(9-30-7-5-25-18(12)30)16-14(22)10-31-17(16)19(32-3)27-20(28-31)26-15-4-6-29(2)11-21(15,23)24/h5,7-10,15H,4,6,11H2,1-3H3,(H,26,28)/t15-/m1/s1. The molecule has 1 aliphatic rings. The summed E-state index contributed by atoms with van der Waals surface area (Å²) in [7, 11) is 3.05. The van der Waals surface area contributed by atoms with Gasteiger partial charge in [-0.3, -0.25) is 0 Å². The number of anilines is 1. The summed E-state index contributed by atoms with van der Waals surface area (Å²) in [6.07, 6.45) is 6.63. The average Bonchev–Trinajstić information content (AvgIpc) is 3.32. The van der Waals surface area contributed by atoms with Crippen LogP contribution in [0.25, 0.3) is 22.3 Å². The van der Waals surface area contributed by atoms with E-state index in [0.29, 0.717) is 17.6 Å². The fourth-order valence-electron chi connectivity index (χ4n) is 4.29. The molecule has 0 amide bonds. The van der Waals surface area contributed by atoms with Crippen LogP contribution in [0.4, 0.5) is 19.1 Å². The van der Waals surface area contributed by atoms with Crippen LogP contribution in [0.1, 0.15) is 12.0 Å². The number of rotatable bonds is 4. The van der Waals surface area contributed by atoms with Gasteiger partial charge in [0.15, 0.2) is 5.82 Å². The lowest BCUT2D eigenvalue weighted by molar-refractivity contribution is -0.0675. The summed E-state index contributed by atoms with van der Waals surface area (Å²) in [4.78, 5) is 10.1. The van der Waals surface area contributed by atoms with Crippen LogP contribution in [-0.4, -0.2) is 68.1 Å². The highest BCUT2D eigenvalue weighted by Crippen LogP contribution is 2.35. The minimum atomic E-state index is -2.95. The number of likely N-dealkylation sites (tertiary alicyclic amines) is 1. The third-order valence-corrected chi connectivity index (χ3v) is 5.80. The summed E-state index contributed by atoms with van der Waals surface area (Å²) in [6, 6.07) is 0.692. The maximum absolute atomic E-state index is 15.1. The normalized spacial score (nSPS) is 19.0. The minimum absolute atomic E-state index is 0.0497. The van der Waals surface area contributed by atoms with Gasteiger partial charge in [0.2, 0.25) is 11.8 Å². The van der Waals surface area contributed by atoms with Gasteiger partial charge in [0.05, 0.1) is 31.5 Å². The molecule has 4 aromatic rings. The molecular weight excluding hydrogens is 423 g/mol. The number of aryl methyl sites for hydroxylation is 1. The van der Waals surface area contributed by atoms with E-state index in [4.69, 9.17) is 4.74 Å². The molecule has 8 nitrogen and oxygen atoms in total. The van der Waals surface area contributed by atoms with Crippen molar-refractivity contribution < 1.29 is 17.9 Å². The smallest absolute Gasteiger partial charge is 0.280 e. The molecule has 0 unspecified atom stereocenters. The second kappa shape index (κ2) is 7.37. The molecule has 0 bridgehead atoms. The van der Waals surface area contributed by atoms with Gasteiger partial charge in [0.25, 0.3) is 5.92 Å². The van der Waals surface area contributed by atoms with E-state index in [1.54, 1.807) is 34.9 Å². The van der Waals surface area contributed by atoms with E-state index in [-0.39, 0.29) is 30.4 Å². The largest absolute Gasteiger partial charge is 0.479 e. The molecule has 1 saturated heterocycles. The Kier molecular flexibility index (Phi) is 4.73. The number of hydrogen-bond acceptors (Lipinski definition) is 6. The Labute approximate surface area is 181 Å². The number of ether oxygens (including phenoxy) is 1. The van der Waals surface area contributed by atoms with Crippen LogP contribution in [0.5, 0.6) is 5.88 Å². The van der Waals surface area contributed by atoms with Gasteiger partial charge in [-0.1, -0.05) is 0 Å². The number of nitrogens with one attached hydrogen (secondary N) is 1. The molecule has 0 radical (unpaired) electrons. The van der Waals surface area contributed by atoms with Crippen LogP contribution >= 0.6 is 0 Å². The highest BCUT2D eigenvalue weighted by atomic mass is 19.3. The maximum Gasteiger partial charge on any atom is 0.280 e. The molecule has 1 aliphatic heterocycles. The number of fused-ring (bicyclic) bond motifs is 2. The van der Waals surface area contributed by atoms with Crippen molar-refractivity contribution in [1.29, 1.82) is 0 Å². The zero-order chi connectivity index (χ0) is 22.6. The number of piperidine rings is 1. The number of methoxy groups -OCH3 is 1. The molecule has 0 aliphatic carbocycles. The first-order valence-corrected chi connectivity index (χ1v) is 10.2. The SMILES string of the molecule is COc1nc(N[C@@H]2CCN(C)CC2(F)F)nn2cc(F)c(-c3cc(C)c4nccn4c3)c12. The Bertz CT molecular complexity index is 1320. The van der Waals surface area contributed by atoms with Gasteiger partial charge in [0, 0.05) is 30.7 Å². The number of hydrogen-bond donors (Lipinski definition) is 1. The van der Waals surface area contributed by atoms with Gasteiger partial charge in [-0.25, -0.2) is 22.7 Å². The van der Waals surface area contributed by atoms with E-state index in [9.17, 15) is 8.78 Å². The highest BCUT2D eigenvalue weighted by molar-refractivity contribution is 5.85. The summed E-state index contributed by atoms with van der Waals surface area (Å²) in [5.74, 6) is -3.45. The number of aromatic nitrogens is 5. The van der Waals surface area contributed by atoms with Crippen LogP contribution in [0, 0.1) is 12.7 Å². The Morgan fingerprint density at radius 2 is 2.09 bits per heavy atom. The second-order valence-corrected chi connectivity index (χ2v) is 8.14. The molecule has 5 rings (SSSR count). The molecule has 0 aromatic carbocycles. The van der Waals surface area contributed by atoms with E-state index >= 15 is 4.39 Å². The first kappa shape index (κ1) is 20.6. The van der Waals surface area contributed by atoms with Gasteiger partial charge >= 0.3 is 0 Å². The van der Waals surface area contributed by atoms with Crippen molar-refractivity contribution in [1.82, 2.24) is 28.9 Å². The zero-order valence-electron chi connectivity index (χ0n) is 17.8. The Morgan fingerprint density at radius 1 is 1.28 bits per heavy atom. The quantitative estimate of drug-likeness (QED) is 0.520. The lowest BCUT2D eigenvalue weighted by Gasteiger charge is -2.36. The second-order valence-electron chi connectivity index (χ2n) is 8.14. The summed E-state index contributed by atoms with van der Waals surface area (Å²) in [5, 5.41) is 6.97. The molecule has 1 fully saturated rings. The molecule has 5 heterocycles. The first-order chi connectivity index (χ1) is 15.3. The minimum Gasteiger partial charge on any atom is -0.479 e. The maximum atomic E-state index is 15.1. The van der Waals surface area contributed by atoms with Crippen LogP contribution in [0.15, 0.2) is 30.9 Å². The number of alkyl halides is 2. The highest BCUT2D eigenvalue weighted by Gasteiger charge is 2.44. The first-order valence-electron chi connectivity index (χ1n) is 10.2. The topological polar surface area (TPSA) is 72.0 Å². The fraction of sp³-hybridized carbons (Fsp3) is 0.381. The molecule has 0 spiro atoms. The van der Waals surface area contributed by atoms with Crippen LogP contribution in [-0.2, 0) is 0 Å². The molecule has 11 heteroatoms. The van der Waals surface area contributed by atoms with E-state index in [2.05, 4.69) is 20.4 Å². The number of pyridine rings is 1. The third-order valence-electron chi connectivity index (χ3n) is 5.80. The Morgan fingerprint density at radius 3 is 2.84 bits per heavy atom. The molecule has 168 valence electrons. The molecule has 4 aromatic heterocycles. The third kappa shape index (κ3) is 3.32. The van der Waals surface area contributed by atoms with Crippen LogP contribution in [0.2, 0.25) is 0 Å². The van der Waals surface area contributed by atoms with Gasteiger partial charge in [0.1, 0.15) is 11.2 Å². The summed E-state index contributed by atoms with van der Waals surface area (Å²) in [6.45, 7) is 2.05. The molecule has 1 N–H and O–H groups in total. The van der Waals surface area contributed by atoms with Crippen molar-refractivity contribution in [2.75, 3.05) is 32.6 Å². The van der Waals surface area contributed by atoms with E-state index in [1.165, 1.54) is 17.8 Å². The number of nitrogens with zero attached hydrogens (tertiary/aromatic N) is 6. The predicted molar refractivity (Wildman–Crippen MR) is 113 cm³/mol. The van der Waals surface area contributed by atoms with E-state index < -0.39 is 17.8 Å². The van der Waals surface area contributed by atoms with Crippen molar-refractivity contribution in [3.05, 3.63) is 42.2 Å². The predicted octanol–water partition coefficient (Wildman–Crippen LogP) is 3.25. The van der Waals surface area contributed by atoms with Crippen molar-refractivity contribution in [2.24, 2.45) is 0 Å². The summed E-state index contributed by atoms with van der Waals surface area (Å²) < 4.78 is 52.5. The van der Waals surface area contributed by atoms with Gasteiger partial charge in [-0.05, 0) is 32.0 Å². The molecule has 32 heavy (non-hydrogen) atoms. The van der Waals surface area contributed by atoms with Gasteiger partial charge < -0.3 is 19.4 Å². The summed E-state index contributed by atoms with van der Waals surface area (Å²) >= 11 is 0. The lowest BCUT2D eigenvalue weighted by Crippen LogP contribution is -2.53. The fourth-order valence-corrected chi connectivity index (χ4v) is 4.29. The van der Waals surface area contributed by atoms with Crippen LogP contribution in [0.3, 0.4) is 0 Å².